The molecule has 2 unspecified atom stereocenters. The summed E-state index contributed by atoms with van der Waals surface area (Å²) < 4.78 is 1.93. The SMILES string of the molecule is CCNC(=NCc1cccc(Cn2cccn2)c1)NC1CC1C.I. The fraction of sp³-hybridized carbons (Fsp3) is 0.444. The number of nitrogens with zero attached hydrogens (tertiary/aromatic N) is 3. The molecule has 24 heavy (non-hydrogen) atoms. The van der Waals surface area contributed by atoms with Crippen LogP contribution in [-0.4, -0.2) is 28.3 Å². The molecule has 1 heterocycles. The van der Waals surface area contributed by atoms with Crippen molar-refractivity contribution in [2.75, 3.05) is 6.54 Å². The van der Waals surface area contributed by atoms with Gasteiger partial charge in [-0.2, -0.15) is 5.10 Å². The molecule has 1 fully saturated rings. The van der Waals surface area contributed by atoms with E-state index in [1.165, 1.54) is 17.5 Å². The molecule has 3 rings (SSSR count). The summed E-state index contributed by atoms with van der Waals surface area (Å²) in [6.45, 7) is 6.72. The minimum absolute atomic E-state index is 0. The number of aromatic nitrogens is 2. The fourth-order valence-corrected chi connectivity index (χ4v) is 2.60. The van der Waals surface area contributed by atoms with Gasteiger partial charge in [0.05, 0.1) is 13.1 Å². The number of rotatable bonds is 6. The van der Waals surface area contributed by atoms with E-state index in [0.29, 0.717) is 12.6 Å². The zero-order valence-electron chi connectivity index (χ0n) is 14.3. The lowest BCUT2D eigenvalue weighted by Crippen LogP contribution is -2.39. The summed E-state index contributed by atoms with van der Waals surface area (Å²) in [5.41, 5.74) is 2.46. The molecule has 0 amide bonds. The molecule has 0 aliphatic heterocycles. The predicted octanol–water partition coefficient (Wildman–Crippen LogP) is 3.01. The lowest BCUT2D eigenvalue weighted by atomic mass is 10.1. The van der Waals surface area contributed by atoms with Crippen LogP contribution in [0.2, 0.25) is 0 Å². The molecule has 2 aromatic rings. The highest BCUT2D eigenvalue weighted by molar-refractivity contribution is 14.0. The van der Waals surface area contributed by atoms with E-state index in [1.807, 2.05) is 16.9 Å². The third kappa shape index (κ3) is 5.51. The zero-order chi connectivity index (χ0) is 16.1. The Bertz CT molecular complexity index is 653. The minimum Gasteiger partial charge on any atom is -0.357 e. The Kier molecular flexibility index (Phi) is 7.08. The van der Waals surface area contributed by atoms with E-state index in [4.69, 9.17) is 4.99 Å². The second kappa shape index (κ2) is 9.05. The molecule has 1 aliphatic carbocycles. The Labute approximate surface area is 161 Å². The van der Waals surface area contributed by atoms with Gasteiger partial charge in [0.2, 0.25) is 0 Å². The molecule has 0 spiro atoms. The first-order valence-corrected chi connectivity index (χ1v) is 8.34. The Morgan fingerprint density at radius 3 is 2.79 bits per heavy atom. The maximum Gasteiger partial charge on any atom is 0.191 e. The molecule has 130 valence electrons. The molecule has 2 atom stereocenters. The molecular weight excluding hydrogens is 413 g/mol. The smallest absolute Gasteiger partial charge is 0.191 e. The van der Waals surface area contributed by atoms with Gasteiger partial charge in [0.15, 0.2) is 5.96 Å². The maximum absolute atomic E-state index is 4.71. The normalized spacial score (nSPS) is 19.5. The summed E-state index contributed by atoms with van der Waals surface area (Å²) in [6, 6.07) is 11.1. The van der Waals surface area contributed by atoms with Crippen LogP contribution in [0, 0.1) is 5.92 Å². The van der Waals surface area contributed by atoms with Crippen molar-refractivity contribution in [3.05, 3.63) is 53.9 Å². The first kappa shape index (κ1) is 18.8. The highest BCUT2D eigenvalue weighted by atomic mass is 127. The summed E-state index contributed by atoms with van der Waals surface area (Å²) in [5, 5.41) is 11.1. The largest absolute Gasteiger partial charge is 0.357 e. The molecule has 1 aliphatic rings. The summed E-state index contributed by atoms with van der Waals surface area (Å²) in [4.78, 5) is 4.71. The number of aliphatic imine (C=N–C) groups is 1. The number of halogens is 1. The van der Waals surface area contributed by atoms with Crippen molar-refractivity contribution in [3.8, 4) is 0 Å². The molecule has 2 N–H and O–H groups in total. The summed E-state index contributed by atoms with van der Waals surface area (Å²) in [7, 11) is 0. The molecule has 5 nitrogen and oxygen atoms in total. The van der Waals surface area contributed by atoms with Gasteiger partial charge in [-0.15, -0.1) is 24.0 Å². The van der Waals surface area contributed by atoms with E-state index in [2.05, 4.69) is 53.8 Å². The van der Waals surface area contributed by atoms with E-state index in [0.717, 1.165) is 25.0 Å². The summed E-state index contributed by atoms with van der Waals surface area (Å²) in [5.74, 6) is 1.68. The van der Waals surface area contributed by atoms with Gasteiger partial charge in [-0.3, -0.25) is 4.68 Å². The van der Waals surface area contributed by atoms with Crippen molar-refractivity contribution < 1.29 is 0 Å². The standard InChI is InChI=1S/C18H25N5.HI/c1-3-19-18(22-17-10-14(17)2)20-12-15-6-4-7-16(11-15)13-23-9-5-8-21-23;/h4-9,11,14,17H,3,10,12-13H2,1-2H3,(H2,19,20,22);1H. The van der Waals surface area contributed by atoms with Crippen molar-refractivity contribution in [1.82, 2.24) is 20.4 Å². The highest BCUT2D eigenvalue weighted by Gasteiger charge is 2.33. The van der Waals surface area contributed by atoms with E-state index in [1.54, 1.807) is 6.20 Å². The van der Waals surface area contributed by atoms with Crippen LogP contribution in [0.4, 0.5) is 0 Å². The van der Waals surface area contributed by atoms with Crippen LogP contribution >= 0.6 is 24.0 Å². The molecule has 1 aromatic carbocycles. The quantitative estimate of drug-likeness (QED) is 0.414. The second-order valence-corrected chi connectivity index (χ2v) is 6.18. The van der Waals surface area contributed by atoms with Crippen LogP contribution < -0.4 is 10.6 Å². The third-order valence-electron chi connectivity index (χ3n) is 4.09. The number of hydrogen-bond acceptors (Lipinski definition) is 2. The van der Waals surface area contributed by atoms with Crippen molar-refractivity contribution in [2.24, 2.45) is 10.9 Å². The Morgan fingerprint density at radius 1 is 1.33 bits per heavy atom. The molecule has 0 saturated heterocycles. The molecule has 1 aromatic heterocycles. The van der Waals surface area contributed by atoms with E-state index in [-0.39, 0.29) is 24.0 Å². The van der Waals surface area contributed by atoms with Gasteiger partial charge in [0, 0.05) is 25.0 Å². The third-order valence-corrected chi connectivity index (χ3v) is 4.09. The lowest BCUT2D eigenvalue weighted by molar-refractivity contribution is 0.686. The van der Waals surface area contributed by atoms with Crippen molar-refractivity contribution in [1.29, 1.82) is 0 Å². The molecule has 0 radical (unpaired) electrons. The van der Waals surface area contributed by atoms with Crippen LogP contribution in [0.25, 0.3) is 0 Å². The van der Waals surface area contributed by atoms with Gasteiger partial charge in [0.25, 0.3) is 0 Å². The van der Waals surface area contributed by atoms with Gasteiger partial charge < -0.3 is 10.6 Å². The number of nitrogens with one attached hydrogen (secondary N) is 2. The van der Waals surface area contributed by atoms with Gasteiger partial charge in [-0.05, 0) is 36.5 Å². The number of benzene rings is 1. The lowest BCUT2D eigenvalue weighted by Gasteiger charge is -2.11. The van der Waals surface area contributed by atoms with Gasteiger partial charge in [-0.25, -0.2) is 4.99 Å². The average Bonchev–Trinajstić information content (AvgIpc) is 3.00. The van der Waals surface area contributed by atoms with Crippen LogP contribution in [0.1, 0.15) is 31.4 Å². The number of hydrogen-bond donors (Lipinski definition) is 2. The van der Waals surface area contributed by atoms with Gasteiger partial charge in [0.1, 0.15) is 0 Å². The van der Waals surface area contributed by atoms with Crippen LogP contribution in [0.15, 0.2) is 47.7 Å². The van der Waals surface area contributed by atoms with E-state index in [9.17, 15) is 0 Å². The first-order chi connectivity index (χ1) is 11.2. The van der Waals surface area contributed by atoms with Crippen LogP contribution in [-0.2, 0) is 13.1 Å². The van der Waals surface area contributed by atoms with E-state index < -0.39 is 0 Å². The molecule has 1 saturated carbocycles. The summed E-state index contributed by atoms with van der Waals surface area (Å²) >= 11 is 0. The monoisotopic (exact) mass is 439 g/mol. The van der Waals surface area contributed by atoms with E-state index >= 15 is 0 Å². The zero-order valence-corrected chi connectivity index (χ0v) is 16.6. The Balaban J connectivity index is 0.00000208. The highest BCUT2D eigenvalue weighted by Crippen LogP contribution is 2.28. The number of guanidine groups is 1. The average molecular weight is 439 g/mol. The van der Waals surface area contributed by atoms with Gasteiger partial charge >= 0.3 is 0 Å². The first-order valence-electron chi connectivity index (χ1n) is 8.34. The minimum atomic E-state index is 0. The molecule has 0 bridgehead atoms. The topological polar surface area (TPSA) is 54.2 Å². The fourth-order valence-electron chi connectivity index (χ4n) is 2.60. The van der Waals surface area contributed by atoms with Gasteiger partial charge in [-0.1, -0.05) is 31.2 Å². The van der Waals surface area contributed by atoms with Crippen LogP contribution in [0.3, 0.4) is 0 Å². The molecular formula is C18H26IN5. The predicted molar refractivity (Wildman–Crippen MR) is 109 cm³/mol. The van der Waals surface area contributed by atoms with Crippen molar-refractivity contribution in [2.45, 2.75) is 39.4 Å². The van der Waals surface area contributed by atoms with Crippen molar-refractivity contribution >= 4 is 29.9 Å². The molecule has 6 heteroatoms. The second-order valence-electron chi connectivity index (χ2n) is 6.18. The Morgan fingerprint density at radius 2 is 2.12 bits per heavy atom. The summed E-state index contributed by atoms with van der Waals surface area (Å²) in [6.07, 6.45) is 5.03. The van der Waals surface area contributed by atoms with Crippen LogP contribution in [0.5, 0.6) is 0 Å². The maximum atomic E-state index is 4.71. The Hall–Kier alpha value is -1.57. The van der Waals surface area contributed by atoms with Crippen molar-refractivity contribution in [3.63, 3.8) is 0 Å².